The number of hydrogen-bond donors (Lipinski definition) is 2. The van der Waals surface area contributed by atoms with E-state index in [2.05, 4.69) is 20.9 Å². The number of nitrogens with zero attached hydrogens (tertiary/aromatic N) is 4. The molecule has 0 unspecified atom stereocenters. The van der Waals surface area contributed by atoms with Crippen LogP contribution >= 0.6 is 0 Å². The van der Waals surface area contributed by atoms with E-state index in [0.29, 0.717) is 31.8 Å². The first-order valence-corrected chi connectivity index (χ1v) is 12.6. The van der Waals surface area contributed by atoms with Crippen LogP contribution in [0.1, 0.15) is 22.9 Å². The second kappa shape index (κ2) is 12.2. The molecule has 9 nitrogen and oxygen atoms in total. The summed E-state index contributed by atoms with van der Waals surface area (Å²) in [7, 11) is 0. The second-order valence-electron chi connectivity index (χ2n) is 9.25. The van der Waals surface area contributed by atoms with Gasteiger partial charge in [-0.05, 0) is 29.7 Å². The molecule has 2 N–H and O–H groups in total. The van der Waals surface area contributed by atoms with Crippen LogP contribution in [-0.4, -0.2) is 51.1 Å². The van der Waals surface area contributed by atoms with Crippen LogP contribution in [0.2, 0.25) is 0 Å². The maximum absolute atomic E-state index is 12.8. The van der Waals surface area contributed by atoms with E-state index in [1.54, 1.807) is 9.58 Å². The standard InChI is InChI=1S/C29H30N6O3/c36-28-21-38-20-27(23-12-6-2-7-13-23)35(28)19-26-18-34(33-32-26)17-25(16-22-10-4-1-5-11-22)31-29(37)30-24-14-8-3-9-15-24/h1-15,18,25,27H,16-17,19-21H2,(H2,30,31,37)/t25-,27+/m1/s1. The van der Waals surface area contributed by atoms with Crippen molar-refractivity contribution in [3.8, 4) is 0 Å². The second-order valence-corrected chi connectivity index (χ2v) is 9.25. The van der Waals surface area contributed by atoms with Crippen LogP contribution in [0.25, 0.3) is 0 Å². The summed E-state index contributed by atoms with van der Waals surface area (Å²) >= 11 is 0. The van der Waals surface area contributed by atoms with Crippen LogP contribution in [-0.2, 0) is 29.0 Å². The Labute approximate surface area is 221 Å². The predicted octanol–water partition coefficient (Wildman–Crippen LogP) is 3.81. The van der Waals surface area contributed by atoms with Crippen LogP contribution in [0.3, 0.4) is 0 Å². The van der Waals surface area contributed by atoms with Crippen molar-refractivity contribution in [1.82, 2.24) is 25.2 Å². The Kier molecular flexibility index (Phi) is 8.05. The van der Waals surface area contributed by atoms with Crippen LogP contribution in [0.4, 0.5) is 10.5 Å². The number of para-hydroxylation sites is 1. The number of ether oxygens (including phenoxy) is 1. The van der Waals surface area contributed by atoms with E-state index in [1.807, 2.05) is 97.2 Å². The lowest BCUT2D eigenvalue weighted by atomic mass is 10.0. The number of anilines is 1. The van der Waals surface area contributed by atoms with Crippen LogP contribution in [0, 0.1) is 0 Å². The molecule has 1 aliphatic heterocycles. The predicted molar refractivity (Wildman–Crippen MR) is 143 cm³/mol. The maximum atomic E-state index is 12.8. The Morgan fingerprint density at radius 1 is 0.974 bits per heavy atom. The summed E-state index contributed by atoms with van der Waals surface area (Å²) in [5, 5.41) is 14.6. The minimum absolute atomic E-state index is 0.0526. The SMILES string of the molecule is O=C(Nc1ccccc1)N[C@H](Cc1ccccc1)Cn1cc(CN2C(=O)COC[C@H]2c2ccccc2)nn1. The van der Waals surface area contributed by atoms with E-state index in [1.165, 1.54) is 0 Å². The topological polar surface area (TPSA) is 101 Å². The number of carbonyl (C=O) groups is 2. The van der Waals surface area contributed by atoms with Gasteiger partial charge >= 0.3 is 6.03 Å². The Morgan fingerprint density at radius 2 is 1.66 bits per heavy atom. The van der Waals surface area contributed by atoms with Gasteiger partial charge < -0.3 is 20.3 Å². The molecule has 3 amide bonds. The number of rotatable bonds is 9. The van der Waals surface area contributed by atoms with Gasteiger partial charge in [-0.1, -0.05) is 84.1 Å². The van der Waals surface area contributed by atoms with Gasteiger partial charge in [-0.25, -0.2) is 4.79 Å². The van der Waals surface area contributed by atoms with Crippen LogP contribution in [0.5, 0.6) is 0 Å². The van der Waals surface area contributed by atoms with Crippen molar-refractivity contribution in [2.75, 3.05) is 18.5 Å². The van der Waals surface area contributed by atoms with Crippen LogP contribution in [0.15, 0.2) is 97.2 Å². The average Bonchev–Trinajstić information content (AvgIpc) is 3.38. The van der Waals surface area contributed by atoms with Gasteiger partial charge in [-0.2, -0.15) is 0 Å². The number of hydrogen-bond acceptors (Lipinski definition) is 5. The quantitative estimate of drug-likeness (QED) is 0.357. The van der Waals surface area contributed by atoms with Crippen molar-refractivity contribution in [2.45, 2.75) is 31.6 Å². The Hall–Kier alpha value is -4.50. The summed E-state index contributed by atoms with van der Waals surface area (Å²) in [6.45, 7) is 1.23. The van der Waals surface area contributed by atoms with E-state index >= 15 is 0 Å². The van der Waals surface area contributed by atoms with E-state index in [-0.39, 0.29) is 30.6 Å². The molecule has 0 radical (unpaired) electrons. The van der Waals surface area contributed by atoms with Gasteiger partial charge in [0.2, 0.25) is 5.91 Å². The summed E-state index contributed by atoms with van der Waals surface area (Å²) in [6, 6.07) is 28.4. The van der Waals surface area contributed by atoms with Crippen molar-refractivity contribution in [1.29, 1.82) is 0 Å². The van der Waals surface area contributed by atoms with E-state index in [9.17, 15) is 9.59 Å². The summed E-state index contributed by atoms with van der Waals surface area (Å²) in [5.74, 6) is -0.0825. The molecule has 0 aliphatic carbocycles. The molecule has 1 saturated heterocycles. The normalized spacial score (nSPS) is 16.2. The lowest BCUT2D eigenvalue weighted by molar-refractivity contribution is -0.149. The smallest absolute Gasteiger partial charge is 0.319 e. The number of nitrogens with one attached hydrogen (secondary N) is 2. The fourth-order valence-corrected chi connectivity index (χ4v) is 4.59. The molecule has 2 heterocycles. The highest BCUT2D eigenvalue weighted by atomic mass is 16.5. The molecule has 2 atom stereocenters. The molecule has 1 aromatic heterocycles. The molecule has 9 heteroatoms. The summed E-state index contributed by atoms with van der Waals surface area (Å²) in [5.41, 5.74) is 3.51. The number of carbonyl (C=O) groups excluding carboxylic acids is 2. The van der Waals surface area contributed by atoms with Crippen molar-refractivity contribution in [3.05, 3.63) is 114 Å². The van der Waals surface area contributed by atoms with Gasteiger partial charge in [-0.3, -0.25) is 9.48 Å². The highest BCUT2D eigenvalue weighted by Gasteiger charge is 2.30. The largest absolute Gasteiger partial charge is 0.369 e. The van der Waals surface area contributed by atoms with Crippen molar-refractivity contribution in [3.63, 3.8) is 0 Å². The summed E-state index contributed by atoms with van der Waals surface area (Å²) in [6.07, 6.45) is 2.45. The molecule has 1 aliphatic rings. The monoisotopic (exact) mass is 510 g/mol. The molecular formula is C29H30N6O3. The van der Waals surface area contributed by atoms with Crippen molar-refractivity contribution >= 4 is 17.6 Å². The number of aromatic nitrogens is 3. The first-order chi connectivity index (χ1) is 18.6. The van der Waals surface area contributed by atoms with Gasteiger partial charge in [0.15, 0.2) is 0 Å². The molecule has 1 fully saturated rings. The lowest BCUT2D eigenvalue weighted by Gasteiger charge is -2.35. The highest BCUT2D eigenvalue weighted by Crippen LogP contribution is 2.26. The van der Waals surface area contributed by atoms with Gasteiger partial charge in [-0.15, -0.1) is 5.10 Å². The molecule has 0 bridgehead atoms. The van der Waals surface area contributed by atoms with E-state index in [0.717, 1.165) is 16.8 Å². The Morgan fingerprint density at radius 3 is 2.39 bits per heavy atom. The molecule has 38 heavy (non-hydrogen) atoms. The fraction of sp³-hybridized carbons (Fsp3) is 0.241. The third kappa shape index (κ3) is 6.63. The number of amides is 3. The zero-order chi connectivity index (χ0) is 26.2. The van der Waals surface area contributed by atoms with Gasteiger partial charge in [0.05, 0.1) is 38.0 Å². The number of urea groups is 1. The zero-order valence-electron chi connectivity index (χ0n) is 20.9. The van der Waals surface area contributed by atoms with E-state index in [4.69, 9.17) is 4.74 Å². The first kappa shape index (κ1) is 25.2. The maximum Gasteiger partial charge on any atom is 0.319 e. The van der Waals surface area contributed by atoms with Gasteiger partial charge in [0, 0.05) is 5.69 Å². The van der Waals surface area contributed by atoms with Crippen molar-refractivity contribution in [2.24, 2.45) is 0 Å². The van der Waals surface area contributed by atoms with Gasteiger partial charge in [0.1, 0.15) is 12.3 Å². The molecule has 5 rings (SSSR count). The van der Waals surface area contributed by atoms with Gasteiger partial charge in [0.25, 0.3) is 0 Å². The number of benzene rings is 3. The summed E-state index contributed by atoms with van der Waals surface area (Å²) < 4.78 is 7.25. The lowest BCUT2D eigenvalue weighted by Crippen LogP contribution is -2.43. The average molecular weight is 511 g/mol. The Bertz CT molecular complexity index is 1330. The van der Waals surface area contributed by atoms with Crippen LogP contribution < -0.4 is 10.6 Å². The highest BCUT2D eigenvalue weighted by molar-refractivity contribution is 5.89. The minimum atomic E-state index is -0.290. The zero-order valence-corrected chi connectivity index (χ0v) is 20.9. The van der Waals surface area contributed by atoms with E-state index < -0.39 is 0 Å². The molecule has 0 spiro atoms. The summed E-state index contributed by atoms with van der Waals surface area (Å²) in [4.78, 5) is 27.3. The molecular weight excluding hydrogens is 480 g/mol. The van der Waals surface area contributed by atoms with Crippen molar-refractivity contribution < 1.29 is 14.3 Å². The first-order valence-electron chi connectivity index (χ1n) is 12.6. The number of morpholine rings is 1. The molecule has 0 saturated carbocycles. The third-order valence-electron chi connectivity index (χ3n) is 6.40. The molecule has 194 valence electrons. The Balaban J connectivity index is 1.28. The fourth-order valence-electron chi connectivity index (χ4n) is 4.59. The molecule has 3 aromatic carbocycles. The molecule has 4 aromatic rings. The minimum Gasteiger partial charge on any atom is -0.369 e. The third-order valence-corrected chi connectivity index (χ3v) is 6.40.